The summed E-state index contributed by atoms with van der Waals surface area (Å²) in [4.78, 5) is 4.17. The molecule has 138 valence electrons. The van der Waals surface area contributed by atoms with Gasteiger partial charge in [-0.25, -0.2) is 0 Å². The molecule has 0 aliphatic carbocycles. The molecule has 4 nitrogen and oxygen atoms in total. The van der Waals surface area contributed by atoms with Gasteiger partial charge in [0.05, 0.1) is 13.2 Å². The summed E-state index contributed by atoms with van der Waals surface area (Å²) in [6.45, 7) is 1.35. The first-order chi connectivity index (χ1) is 13.3. The number of aliphatic hydroxyl groups is 1. The fourth-order valence-corrected chi connectivity index (χ4v) is 2.54. The van der Waals surface area contributed by atoms with Gasteiger partial charge in [0.15, 0.2) is 11.5 Å². The molecule has 27 heavy (non-hydrogen) atoms. The average Bonchev–Trinajstić information content (AvgIpc) is 2.73. The minimum absolute atomic E-state index is 0.0339. The van der Waals surface area contributed by atoms with E-state index in [1.807, 2.05) is 78.9 Å². The van der Waals surface area contributed by atoms with Crippen molar-refractivity contribution in [3.05, 3.63) is 95.6 Å². The summed E-state index contributed by atoms with van der Waals surface area (Å²) in [7, 11) is 0. The molecule has 0 atom stereocenters. The van der Waals surface area contributed by atoms with E-state index < -0.39 is 0 Å². The maximum atomic E-state index is 8.87. The van der Waals surface area contributed by atoms with Crippen LogP contribution in [-0.2, 0) is 13.2 Å². The molecule has 0 saturated carbocycles. The van der Waals surface area contributed by atoms with Gasteiger partial charge >= 0.3 is 0 Å². The fraction of sp³-hybridized carbons (Fsp3) is 0.174. The van der Waals surface area contributed by atoms with Gasteiger partial charge < -0.3 is 14.6 Å². The van der Waals surface area contributed by atoms with Crippen molar-refractivity contribution in [3.63, 3.8) is 0 Å². The van der Waals surface area contributed by atoms with Gasteiger partial charge in [-0.1, -0.05) is 60.7 Å². The van der Waals surface area contributed by atoms with E-state index in [2.05, 4.69) is 4.99 Å². The third kappa shape index (κ3) is 5.97. The summed E-state index contributed by atoms with van der Waals surface area (Å²) in [5, 5.41) is 8.87. The van der Waals surface area contributed by atoms with E-state index in [1.165, 1.54) is 0 Å². The molecule has 0 unspecified atom stereocenters. The van der Waals surface area contributed by atoms with Gasteiger partial charge in [0.1, 0.15) is 13.2 Å². The zero-order valence-electron chi connectivity index (χ0n) is 15.1. The van der Waals surface area contributed by atoms with Crippen molar-refractivity contribution in [1.29, 1.82) is 0 Å². The number of ether oxygens (including phenoxy) is 2. The molecule has 4 heteroatoms. The lowest BCUT2D eigenvalue weighted by Gasteiger charge is -2.14. The van der Waals surface area contributed by atoms with Crippen LogP contribution in [0.5, 0.6) is 11.5 Å². The molecule has 0 aromatic heterocycles. The van der Waals surface area contributed by atoms with Gasteiger partial charge in [-0.05, 0) is 34.9 Å². The molecule has 0 bridgehead atoms. The minimum atomic E-state index is 0.0339. The second kappa shape index (κ2) is 10.1. The molecule has 1 N–H and O–H groups in total. The Kier molecular flexibility index (Phi) is 7.01. The highest BCUT2D eigenvalue weighted by Gasteiger charge is 2.07. The monoisotopic (exact) mass is 361 g/mol. The van der Waals surface area contributed by atoms with E-state index in [9.17, 15) is 0 Å². The van der Waals surface area contributed by atoms with Crippen molar-refractivity contribution in [2.75, 3.05) is 13.2 Å². The Balaban J connectivity index is 1.75. The fourth-order valence-electron chi connectivity index (χ4n) is 2.54. The first kappa shape index (κ1) is 18.7. The second-order valence-corrected chi connectivity index (χ2v) is 6.01. The lowest BCUT2D eigenvalue weighted by molar-refractivity contribution is 0.256. The van der Waals surface area contributed by atoms with Crippen LogP contribution < -0.4 is 9.47 Å². The van der Waals surface area contributed by atoms with Gasteiger partial charge in [0.2, 0.25) is 0 Å². The van der Waals surface area contributed by atoms with Crippen molar-refractivity contribution in [3.8, 4) is 11.5 Å². The molecule has 0 aliphatic rings. The Morgan fingerprint density at radius 3 is 1.93 bits per heavy atom. The Morgan fingerprint density at radius 2 is 1.33 bits per heavy atom. The van der Waals surface area contributed by atoms with Crippen LogP contribution in [0.4, 0.5) is 0 Å². The number of benzene rings is 3. The highest BCUT2D eigenvalue weighted by atomic mass is 16.5. The molecule has 0 saturated heterocycles. The highest BCUT2D eigenvalue weighted by Crippen LogP contribution is 2.29. The van der Waals surface area contributed by atoms with Crippen molar-refractivity contribution in [2.45, 2.75) is 13.2 Å². The van der Waals surface area contributed by atoms with Crippen molar-refractivity contribution in [2.24, 2.45) is 4.99 Å². The molecule has 0 spiro atoms. The van der Waals surface area contributed by atoms with Crippen LogP contribution in [0.1, 0.15) is 16.7 Å². The first-order valence-corrected chi connectivity index (χ1v) is 8.93. The Hall–Kier alpha value is -3.11. The Morgan fingerprint density at radius 1 is 0.741 bits per heavy atom. The SMILES string of the molecule is OCCN=Cc1ccc(OCc2ccccc2)c(OCc2ccccc2)c1. The minimum Gasteiger partial charge on any atom is -0.485 e. The predicted octanol–water partition coefficient (Wildman–Crippen LogP) is 4.26. The van der Waals surface area contributed by atoms with E-state index >= 15 is 0 Å². The quantitative estimate of drug-likeness (QED) is 0.580. The normalized spacial score (nSPS) is 10.9. The number of rotatable bonds is 9. The number of nitrogens with zero attached hydrogens (tertiary/aromatic N) is 1. The molecule has 0 aliphatic heterocycles. The maximum Gasteiger partial charge on any atom is 0.162 e. The van der Waals surface area contributed by atoms with Crippen molar-refractivity contribution in [1.82, 2.24) is 0 Å². The van der Waals surface area contributed by atoms with Crippen LogP contribution in [0.2, 0.25) is 0 Å². The van der Waals surface area contributed by atoms with Gasteiger partial charge in [0.25, 0.3) is 0 Å². The summed E-state index contributed by atoms with van der Waals surface area (Å²) in [5.74, 6) is 1.36. The topological polar surface area (TPSA) is 51.1 Å². The third-order valence-electron chi connectivity index (χ3n) is 3.91. The summed E-state index contributed by atoms with van der Waals surface area (Å²) >= 11 is 0. The van der Waals surface area contributed by atoms with Crippen LogP contribution in [-0.4, -0.2) is 24.5 Å². The summed E-state index contributed by atoms with van der Waals surface area (Å²) < 4.78 is 12.0. The molecular weight excluding hydrogens is 338 g/mol. The summed E-state index contributed by atoms with van der Waals surface area (Å²) in [5.41, 5.74) is 3.09. The lowest BCUT2D eigenvalue weighted by Crippen LogP contribution is -2.01. The second-order valence-electron chi connectivity index (χ2n) is 6.01. The van der Waals surface area contributed by atoms with E-state index in [4.69, 9.17) is 14.6 Å². The molecule has 0 radical (unpaired) electrons. The van der Waals surface area contributed by atoms with E-state index in [-0.39, 0.29) is 6.61 Å². The summed E-state index contributed by atoms with van der Waals surface area (Å²) in [6, 6.07) is 25.8. The number of aliphatic hydroxyl groups excluding tert-OH is 1. The first-order valence-electron chi connectivity index (χ1n) is 8.93. The molecule has 3 aromatic carbocycles. The molecule has 3 rings (SSSR count). The zero-order valence-corrected chi connectivity index (χ0v) is 15.1. The van der Waals surface area contributed by atoms with Crippen LogP contribution in [0.3, 0.4) is 0 Å². The van der Waals surface area contributed by atoms with E-state index in [0.717, 1.165) is 16.7 Å². The van der Waals surface area contributed by atoms with Crippen LogP contribution in [0.25, 0.3) is 0 Å². The Bertz CT molecular complexity index is 848. The largest absolute Gasteiger partial charge is 0.485 e. The van der Waals surface area contributed by atoms with Gasteiger partial charge in [-0.3, -0.25) is 4.99 Å². The standard InChI is InChI=1S/C23H23NO3/c25-14-13-24-16-21-11-12-22(26-17-19-7-3-1-4-8-19)23(15-21)27-18-20-9-5-2-6-10-20/h1-12,15-16,25H,13-14,17-18H2. The van der Waals surface area contributed by atoms with Crippen LogP contribution in [0.15, 0.2) is 83.9 Å². The average molecular weight is 361 g/mol. The zero-order chi connectivity index (χ0) is 18.7. The Labute approximate surface area is 159 Å². The van der Waals surface area contributed by atoms with Gasteiger partial charge in [-0.15, -0.1) is 0 Å². The van der Waals surface area contributed by atoms with Gasteiger partial charge in [0, 0.05) is 6.21 Å². The highest BCUT2D eigenvalue weighted by molar-refractivity contribution is 5.80. The van der Waals surface area contributed by atoms with E-state index in [0.29, 0.717) is 31.3 Å². The third-order valence-corrected chi connectivity index (χ3v) is 3.91. The smallest absolute Gasteiger partial charge is 0.162 e. The maximum absolute atomic E-state index is 8.87. The molecule has 3 aromatic rings. The molecular formula is C23H23NO3. The van der Waals surface area contributed by atoms with Crippen LogP contribution >= 0.6 is 0 Å². The number of hydrogen-bond acceptors (Lipinski definition) is 4. The lowest BCUT2D eigenvalue weighted by atomic mass is 10.2. The summed E-state index contributed by atoms with van der Waals surface area (Å²) in [6.07, 6.45) is 1.73. The molecule has 0 heterocycles. The predicted molar refractivity (Wildman–Crippen MR) is 108 cm³/mol. The van der Waals surface area contributed by atoms with Crippen molar-refractivity contribution >= 4 is 6.21 Å². The number of hydrogen-bond donors (Lipinski definition) is 1. The van der Waals surface area contributed by atoms with E-state index in [1.54, 1.807) is 6.21 Å². The number of aliphatic imine (C=N–C) groups is 1. The molecule has 0 amide bonds. The van der Waals surface area contributed by atoms with Crippen molar-refractivity contribution < 1.29 is 14.6 Å². The molecule has 0 fully saturated rings. The van der Waals surface area contributed by atoms with Crippen LogP contribution in [0, 0.1) is 0 Å². The van der Waals surface area contributed by atoms with Gasteiger partial charge in [-0.2, -0.15) is 0 Å².